The van der Waals surface area contributed by atoms with Crippen LogP contribution >= 0.6 is 0 Å². The highest BCUT2D eigenvalue weighted by Crippen LogP contribution is 2.19. The highest BCUT2D eigenvalue weighted by Gasteiger charge is 2.30. The molecule has 0 aliphatic heterocycles. The summed E-state index contributed by atoms with van der Waals surface area (Å²) in [4.78, 5) is 61.0. The molecule has 0 aliphatic carbocycles. The van der Waals surface area contributed by atoms with Gasteiger partial charge in [0, 0.05) is 30.1 Å². The molecule has 10 N–H and O–H groups in total. The Morgan fingerprint density at radius 1 is 0.750 bits per heavy atom. The van der Waals surface area contributed by atoms with Gasteiger partial charge in [0.1, 0.15) is 12.1 Å². The van der Waals surface area contributed by atoms with Gasteiger partial charge in [0.25, 0.3) is 0 Å². The first-order valence-corrected chi connectivity index (χ1v) is 16.5. The number of para-hydroxylation sites is 1. The first-order chi connectivity index (χ1) is 23.1. The number of hydrogen-bond donors (Lipinski definition) is 8. The SMILES string of the molecule is CNCCCC[C@H](NC(=O)[C@H](Cc1c[nH]c2ccccc12)NC(=O)[C@H](CCCN=C(N)N)NC(=O)[C@@H](Cc1ccccc1)NC)C(C)=O. The van der Waals surface area contributed by atoms with E-state index in [1.807, 2.05) is 67.8 Å². The zero-order valence-corrected chi connectivity index (χ0v) is 28.2. The van der Waals surface area contributed by atoms with Crippen LogP contribution in [0.2, 0.25) is 0 Å². The number of H-pyrrole nitrogens is 1. The molecule has 13 heteroatoms. The number of rotatable bonds is 21. The first-order valence-electron chi connectivity index (χ1n) is 16.5. The Hall–Kier alpha value is -4.75. The van der Waals surface area contributed by atoms with Gasteiger partial charge in [0.2, 0.25) is 17.7 Å². The van der Waals surface area contributed by atoms with Gasteiger partial charge < -0.3 is 43.0 Å². The average Bonchev–Trinajstić information content (AvgIpc) is 3.48. The predicted octanol–water partition coefficient (Wildman–Crippen LogP) is 1.03. The number of hydrogen-bond acceptors (Lipinski definition) is 7. The van der Waals surface area contributed by atoms with E-state index < -0.39 is 36.0 Å². The molecule has 0 bridgehead atoms. The van der Waals surface area contributed by atoms with Crippen LogP contribution in [0.1, 0.15) is 50.2 Å². The number of guanidine groups is 1. The van der Waals surface area contributed by atoms with Crippen LogP contribution in [0.5, 0.6) is 0 Å². The van der Waals surface area contributed by atoms with E-state index in [4.69, 9.17) is 11.5 Å². The standard InChI is InChI=1S/C35H51N9O4/c1-23(45)27(15-9-10-18-38-2)42-34(48)31(21-25-22-41-28-16-8-7-14-26(25)28)44-32(46)29(17-11-19-40-35(36)37)43-33(47)30(39-3)20-24-12-5-4-6-13-24/h4-8,12-14,16,22,27,29-31,38-39,41H,9-11,15,17-21H2,1-3H3,(H,42,48)(H,43,47)(H,44,46)(H4,36,37,40)/t27-,29-,30+,31-/m0/s1. The van der Waals surface area contributed by atoms with Crippen LogP contribution in [-0.4, -0.2) is 85.8 Å². The van der Waals surface area contributed by atoms with Crippen molar-refractivity contribution in [1.82, 2.24) is 31.6 Å². The van der Waals surface area contributed by atoms with Gasteiger partial charge in [-0.05, 0) is 83.3 Å². The Labute approximate surface area is 282 Å². The zero-order valence-electron chi connectivity index (χ0n) is 28.2. The smallest absolute Gasteiger partial charge is 0.243 e. The molecule has 2 aromatic carbocycles. The van der Waals surface area contributed by atoms with Crippen LogP contribution in [0.3, 0.4) is 0 Å². The number of unbranched alkanes of at least 4 members (excludes halogenated alkanes) is 1. The Morgan fingerprint density at radius 3 is 2.06 bits per heavy atom. The van der Waals surface area contributed by atoms with E-state index in [1.165, 1.54) is 6.92 Å². The van der Waals surface area contributed by atoms with Gasteiger partial charge in [-0.15, -0.1) is 0 Å². The molecule has 1 heterocycles. The third kappa shape index (κ3) is 12.1. The molecule has 48 heavy (non-hydrogen) atoms. The van der Waals surface area contributed by atoms with Gasteiger partial charge in [0.05, 0.1) is 12.1 Å². The lowest BCUT2D eigenvalue weighted by atomic mass is 10.0. The van der Waals surface area contributed by atoms with Crippen molar-refractivity contribution in [1.29, 1.82) is 0 Å². The van der Waals surface area contributed by atoms with Gasteiger partial charge in [-0.2, -0.15) is 0 Å². The number of aromatic nitrogens is 1. The maximum Gasteiger partial charge on any atom is 0.243 e. The maximum atomic E-state index is 14.0. The summed E-state index contributed by atoms with van der Waals surface area (Å²) in [7, 11) is 3.55. The minimum absolute atomic E-state index is 0.0698. The fourth-order valence-corrected chi connectivity index (χ4v) is 5.52. The second-order valence-corrected chi connectivity index (χ2v) is 11.9. The fraction of sp³-hybridized carbons (Fsp3) is 0.457. The largest absolute Gasteiger partial charge is 0.370 e. The van der Waals surface area contributed by atoms with Crippen LogP contribution < -0.4 is 38.1 Å². The molecule has 13 nitrogen and oxygen atoms in total. The number of ketones is 1. The van der Waals surface area contributed by atoms with Gasteiger partial charge in [-0.3, -0.25) is 24.2 Å². The molecule has 0 saturated heterocycles. The molecule has 3 aromatic rings. The number of Topliss-reactive ketones (excluding diaryl/α,β-unsaturated/α-hetero) is 1. The number of likely N-dealkylation sites (N-methyl/N-ethyl adjacent to an activating group) is 1. The van der Waals surface area contributed by atoms with E-state index in [-0.39, 0.29) is 37.0 Å². The molecule has 260 valence electrons. The van der Waals surface area contributed by atoms with Crippen molar-refractivity contribution in [2.75, 3.05) is 27.2 Å². The second kappa shape index (κ2) is 19.8. The summed E-state index contributed by atoms with van der Waals surface area (Å²) < 4.78 is 0. The fourth-order valence-electron chi connectivity index (χ4n) is 5.52. The molecule has 0 saturated carbocycles. The van der Waals surface area contributed by atoms with E-state index in [0.29, 0.717) is 19.3 Å². The quantitative estimate of drug-likeness (QED) is 0.0469. The minimum atomic E-state index is -1.03. The number of nitrogens with zero attached hydrogens (tertiary/aromatic N) is 1. The van der Waals surface area contributed by atoms with Gasteiger partial charge in [-0.1, -0.05) is 48.5 Å². The monoisotopic (exact) mass is 661 g/mol. The summed E-state index contributed by atoms with van der Waals surface area (Å²) >= 11 is 0. The third-order valence-electron chi connectivity index (χ3n) is 8.23. The van der Waals surface area contributed by atoms with Crippen molar-refractivity contribution in [3.8, 4) is 0 Å². The number of fused-ring (bicyclic) bond motifs is 1. The Bertz CT molecular complexity index is 1500. The Kier molecular flexibility index (Phi) is 15.6. The summed E-state index contributed by atoms with van der Waals surface area (Å²) in [5, 5.41) is 15.7. The molecular weight excluding hydrogens is 610 g/mol. The Balaban J connectivity index is 1.84. The molecule has 3 rings (SSSR count). The highest BCUT2D eigenvalue weighted by atomic mass is 16.2. The molecule has 0 radical (unpaired) electrons. The molecule has 0 spiro atoms. The van der Waals surface area contributed by atoms with E-state index in [2.05, 4.69) is 36.6 Å². The summed E-state index contributed by atoms with van der Waals surface area (Å²) in [6.07, 6.45) is 5.08. The predicted molar refractivity (Wildman–Crippen MR) is 189 cm³/mol. The molecule has 3 amide bonds. The Morgan fingerprint density at radius 2 is 1.38 bits per heavy atom. The normalized spacial score (nSPS) is 13.6. The molecule has 4 atom stereocenters. The number of nitrogens with one attached hydrogen (secondary N) is 6. The van der Waals surface area contributed by atoms with Gasteiger partial charge in [-0.25, -0.2) is 0 Å². The third-order valence-corrected chi connectivity index (χ3v) is 8.23. The lowest BCUT2D eigenvalue weighted by Crippen LogP contribution is -2.58. The average molecular weight is 662 g/mol. The number of nitrogens with two attached hydrogens (primary N) is 2. The van der Waals surface area contributed by atoms with Crippen LogP contribution in [0, 0.1) is 0 Å². The highest BCUT2D eigenvalue weighted by molar-refractivity contribution is 5.95. The number of carbonyl (C=O) groups is 4. The second-order valence-electron chi connectivity index (χ2n) is 11.9. The van der Waals surface area contributed by atoms with Crippen molar-refractivity contribution >= 4 is 40.4 Å². The van der Waals surface area contributed by atoms with Crippen molar-refractivity contribution in [2.24, 2.45) is 16.5 Å². The number of carbonyl (C=O) groups excluding carboxylic acids is 4. The van der Waals surface area contributed by atoms with Crippen molar-refractivity contribution < 1.29 is 19.2 Å². The molecule has 0 aliphatic rings. The number of benzene rings is 2. The van der Waals surface area contributed by atoms with E-state index in [9.17, 15) is 19.2 Å². The lowest BCUT2D eigenvalue weighted by molar-refractivity contribution is -0.133. The van der Waals surface area contributed by atoms with Crippen LogP contribution in [-0.2, 0) is 32.0 Å². The van der Waals surface area contributed by atoms with E-state index >= 15 is 0 Å². The van der Waals surface area contributed by atoms with Crippen LogP contribution in [0.4, 0.5) is 0 Å². The van der Waals surface area contributed by atoms with E-state index in [1.54, 1.807) is 7.05 Å². The summed E-state index contributed by atoms with van der Waals surface area (Å²) in [6, 6.07) is 13.9. The molecule has 0 unspecified atom stereocenters. The molecule has 1 aromatic heterocycles. The first kappa shape index (κ1) is 37.7. The molecular formula is C35H51N9O4. The number of aliphatic imine (C=N–C) groups is 1. The lowest BCUT2D eigenvalue weighted by Gasteiger charge is -2.26. The summed E-state index contributed by atoms with van der Waals surface area (Å²) in [5.41, 5.74) is 13.7. The van der Waals surface area contributed by atoms with Crippen LogP contribution in [0.15, 0.2) is 65.8 Å². The summed E-state index contributed by atoms with van der Waals surface area (Å²) in [6.45, 7) is 2.51. The number of amides is 3. The van der Waals surface area contributed by atoms with Crippen LogP contribution in [0.25, 0.3) is 10.9 Å². The number of aromatic amines is 1. The summed E-state index contributed by atoms with van der Waals surface area (Å²) in [5.74, 6) is -1.61. The van der Waals surface area contributed by atoms with Gasteiger partial charge >= 0.3 is 0 Å². The van der Waals surface area contributed by atoms with Crippen molar-refractivity contribution in [2.45, 2.75) is 76.0 Å². The molecule has 0 fully saturated rings. The van der Waals surface area contributed by atoms with Gasteiger partial charge in [0.15, 0.2) is 11.7 Å². The van der Waals surface area contributed by atoms with Crippen molar-refractivity contribution in [3.05, 3.63) is 71.9 Å². The maximum absolute atomic E-state index is 14.0. The topological polar surface area (TPSA) is 209 Å². The minimum Gasteiger partial charge on any atom is -0.370 e. The van der Waals surface area contributed by atoms with Crippen molar-refractivity contribution in [3.63, 3.8) is 0 Å². The van der Waals surface area contributed by atoms with E-state index in [0.717, 1.165) is 41.4 Å². The zero-order chi connectivity index (χ0) is 34.9.